The Hall–Kier alpha value is -1.34. The van der Waals surface area contributed by atoms with Crippen molar-refractivity contribution in [2.24, 2.45) is 15.9 Å². The molecule has 6 nitrogen and oxygen atoms in total. The molecule has 0 radical (unpaired) electrons. The fourth-order valence-electron chi connectivity index (χ4n) is 2.60. The average Bonchev–Trinajstić information content (AvgIpc) is 3.28. The van der Waals surface area contributed by atoms with Crippen molar-refractivity contribution in [3.05, 3.63) is 12.2 Å². The highest BCUT2D eigenvalue weighted by atomic mass is 35.5. The summed E-state index contributed by atoms with van der Waals surface area (Å²) in [5.74, 6) is 0.676. The molecule has 1 heterocycles. The lowest BCUT2D eigenvalue weighted by Crippen LogP contribution is -2.47. The molecule has 0 saturated heterocycles. The second kappa shape index (κ2) is 8.16. The van der Waals surface area contributed by atoms with Crippen LogP contribution < -0.4 is 5.32 Å². The Morgan fingerprint density at radius 3 is 2.75 bits per heavy atom. The average molecular weight is 371 g/mol. The third kappa shape index (κ3) is 4.60. The summed E-state index contributed by atoms with van der Waals surface area (Å²) in [6.45, 7) is 9.63. The summed E-state index contributed by atoms with van der Waals surface area (Å²) >= 11 is 7.52. The van der Waals surface area contributed by atoms with Crippen molar-refractivity contribution >= 4 is 45.5 Å². The van der Waals surface area contributed by atoms with Crippen molar-refractivity contribution in [2.45, 2.75) is 45.8 Å². The Labute approximate surface area is 151 Å². The van der Waals surface area contributed by atoms with Crippen LogP contribution in [0.3, 0.4) is 0 Å². The molecule has 0 spiro atoms. The number of amides is 2. The Kier molecular flexibility index (Phi) is 6.46. The zero-order chi connectivity index (χ0) is 17.9. The highest BCUT2D eigenvalue weighted by Gasteiger charge is 2.40. The predicted octanol–water partition coefficient (Wildman–Crippen LogP) is 2.39. The number of nitrogens with one attached hydrogen (secondary N) is 1. The minimum absolute atomic E-state index is 0.0476. The zero-order valence-electron chi connectivity index (χ0n) is 14.2. The van der Waals surface area contributed by atoms with Crippen molar-refractivity contribution < 1.29 is 9.59 Å². The maximum absolute atomic E-state index is 12.9. The van der Waals surface area contributed by atoms with Gasteiger partial charge in [-0.25, -0.2) is 4.99 Å². The molecule has 2 amide bonds. The lowest BCUT2D eigenvalue weighted by Gasteiger charge is -2.33. The van der Waals surface area contributed by atoms with Crippen molar-refractivity contribution in [2.75, 3.05) is 12.3 Å². The van der Waals surface area contributed by atoms with Gasteiger partial charge in [-0.1, -0.05) is 29.9 Å². The van der Waals surface area contributed by atoms with Gasteiger partial charge in [0.05, 0.1) is 5.57 Å². The summed E-state index contributed by atoms with van der Waals surface area (Å²) in [5.41, 5.74) is 0.194. The van der Waals surface area contributed by atoms with Crippen molar-refractivity contribution in [1.29, 1.82) is 0 Å². The molecule has 2 rings (SSSR count). The van der Waals surface area contributed by atoms with Gasteiger partial charge in [0.25, 0.3) is 5.91 Å². The van der Waals surface area contributed by atoms with Crippen molar-refractivity contribution in [3.8, 4) is 0 Å². The maximum atomic E-state index is 12.9. The topological polar surface area (TPSA) is 74.1 Å². The molecule has 24 heavy (non-hydrogen) atoms. The van der Waals surface area contributed by atoms with Crippen LogP contribution in [-0.2, 0) is 9.59 Å². The van der Waals surface area contributed by atoms with Crippen LogP contribution in [0.4, 0.5) is 0 Å². The number of rotatable bonds is 6. The number of aliphatic imine (C=N–C) groups is 2. The van der Waals surface area contributed by atoms with Crippen molar-refractivity contribution in [1.82, 2.24) is 10.2 Å². The van der Waals surface area contributed by atoms with E-state index in [2.05, 4.69) is 21.9 Å². The van der Waals surface area contributed by atoms with E-state index < -0.39 is 0 Å². The van der Waals surface area contributed by atoms with E-state index in [9.17, 15) is 9.59 Å². The van der Waals surface area contributed by atoms with E-state index in [0.717, 1.165) is 12.8 Å². The normalized spacial score (nSPS) is 21.9. The first-order valence-electron chi connectivity index (χ1n) is 8.05. The highest BCUT2D eigenvalue weighted by Crippen LogP contribution is 2.37. The fourth-order valence-corrected chi connectivity index (χ4v) is 3.76. The number of amidine groups is 1. The molecular formula is C16H23ClN4O2S. The second-order valence-corrected chi connectivity index (χ2v) is 7.31. The monoisotopic (exact) mass is 370 g/mol. The summed E-state index contributed by atoms with van der Waals surface area (Å²) in [5, 5.41) is 3.38. The van der Waals surface area contributed by atoms with Gasteiger partial charge < -0.3 is 10.2 Å². The predicted molar refractivity (Wildman–Crippen MR) is 99.5 cm³/mol. The first-order chi connectivity index (χ1) is 11.3. The lowest BCUT2D eigenvalue weighted by molar-refractivity contribution is -0.130. The van der Waals surface area contributed by atoms with Crippen LogP contribution in [-0.4, -0.2) is 51.6 Å². The molecule has 1 aliphatic carbocycles. The molecule has 2 atom stereocenters. The van der Waals surface area contributed by atoms with Crippen LogP contribution >= 0.6 is 23.4 Å². The van der Waals surface area contributed by atoms with Gasteiger partial charge in [-0.15, -0.1) is 0 Å². The van der Waals surface area contributed by atoms with Gasteiger partial charge in [-0.3, -0.25) is 14.6 Å². The molecule has 132 valence electrons. The van der Waals surface area contributed by atoms with Crippen LogP contribution in [0.25, 0.3) is 0 Å². The van der Waals surface area contributed by atoms with Gasteiger partial charge in [-0.2, -0.15) is 0 Å². The van der Waals surface area contributed by atoms with Gasteiger partial charge in [0.15, 0.2) is 5.17 Å². The maximum Gasteiger partial charge on any atom is 0.258 e. The fraction of sp³-hybridized carbons (Fsp3) is 0.625. The van der Waals surface area contributed by atoms with Crippen molar-refractivity contribution in [3.63, 3.8) is 0 Å². The molecule has 0 aromatic carbocycles. The summed E-state index contributed by atoms with van der Waals surface area (Å²) in [4.78, 5) is 34.5. The number of carbonyl (C=O) groups is 2. The summed E-state index contributed by atoms with van der Waals surface area (Å²) in [6, 6.07) is 0.0476. The first-order valence-corrected chi connectivity index (χ1v) is 9.41. The van der Waals surface area contributed by atoms with Gasteiger partial charge in [-0.05, 0) is 32.6 Å². The minimum atomic E-state index is -0.331. The smallest absolute Gasteiger partial charge is 0.258 e. The molecular weight excluding hydrogens is 348 g/mol. The molecule has 1 fully saturated rings. The van der Waals surface area contributed by atoms with Crippen LogP contribution in [0, 0.1) is 5.92 Å². The zero-order valence-corrected chi connectivity index (χ0v) is 15.8. The summed E-state index contributed by atoms with van der Waals surface area (Å²) in [7, 11) is 0. The van der Waals surface area contributed by atoms with E-state index in [0.29, 0.717) is 23.4 Å². The number of hydrogen-bond acceptors (Lipinski definition) is 5. The van der Waals surface area contributed by atoms with Gasteiger partial charge in [0.1, 0.15) is 11.3 Å². The molecule has 1 aliphatic heterocycles. The van der Waals surface area contributed by atoms with E-state index in [1.807, 2.05) is 13.8 Å². The molecule has 0 aromatic rings. The van der Waals surface area contributed by atoms with Crippen LogP contribution in [0.5, 0.6) is 0 Å². The van der Waals surface area contributed by atoms with Crippen LogP contribution in [0.1, 0.15) is 33.6 Å². The quantitative estimate of drug-likeness (QED) is 0.576. The molecule has 1 saturated carbocycles. The molecule has 1 unspecified atom stereocenters. The lowest BCUT2D eigenvalue weighted by atomic mass is 10.1. The Bertz CT molecular complexity index is 601. The Balaban J connectivity index is 2.21. The highest BCUT2D eigenvalue weighted by molar-refractivity contribution is 8.14. The standard InChI is InChI=1S/C16H23ClN4O2S/c1-5-18-14(17)9(2)15(23)21(10(3)12-6-7-12)13-8-24-16(20-13)19-11(4)22/h10,12-13H,2,5-8H2,1,3-4H3,(H,19,20,22)/b18-14+/t10-,13?/m0/s1. The van der Waals surface area contributed by atoms with E-state index in [1.54, 1.807) is 4.90 Å². The second-order valence-electron chi connectivity index (χ2n) is 5.94. The molecule has 2 aliphatic rings. The third-order valence-electron chi connectivity index (χ3n) is 4.02. The Morgan fingerprint density at radius 1 is 1.54 bits per heavy atom. The number of carbonyl (C=O) groups excluding carboxylic acids is 2. The number of halogens is 1. The number of thioether (sulfide) groups is 1. The van der Waals surface area contributed by atoms with Gasteiger partial charge in [0.2, 0.25) is 5.91 Å². The van der Waals surface area contributed by atoms with E-state index in [1.165, 1.54) is 18.7 Å². The largest absolute Gasteiger partial charge is 0.312 e. The molecule has 8 heteroatoms. The van der Waals surface area contributed by atoms with E-state index in [4.69, 9.17) is 11.6 Å². The molecule has 0 aromatic heterocycles. The minimum Gasteiger partial charge on any atom is -0.312 e. The first kappa shape index (κ1) is 19.0. The number of hydrogen-bond donors (Lipinski definition) is 1. The summed E-state index contributed by atoms with van der Waals surface area (Å²) in [6.07, 6.45) is 1.88. The van der Waals surface area contributed by atoms with Gasteiger partial charge >= 0.3 is 0 Å². The van der Waals surface area contributed by atoms with Crippen LogP contribution in [0.15, 0.2) is 22.1 Å². The SMILES string of the molecule is C=C(C(=O)N(C1CSC(NC(C)=O)=N1)[C@@H](C)C1CC1)/C(Cl)=N\CC. The Morgan fingerprint density at radius 2 is 2.21 bits per heavy atom. The third-order valence-corrected chi connectivity index (χ3v) is 5.31. The molecule has 0 bridgehead atoms. The van der Waals surface area contributed by atoms with E-state index in [-0.39, 0.29) is 34.8 Å². The summed E-state index contributed by atoms with van der Waals surface area (Å²) < 4.78 is 0. The van der Waals surface area contributed by atoms with Crippen LogP contribution in [0.2, 0.25) is 0 Å². The van der Waals surface area contributed by atoms with E-state index >= 15 is 0 Å². The number of nitrogens with zero attached hydrogens (tertiary/aromatic N) is 3. The van der Waals surface area contributed by atoms with Gasteiger partial charge in [0, 0.05) is 25.3 Å². The molecule has 1 N–H and O–H groups in total.